The highest BCUT2D eigenvalue weighted by atomic mass is 127. The van der Waals surface area contributed by atoms with Crippen molar-refractivity contribution in [3.05, 3.63) is 39.9 Å². The average molecular weight is 505 g/mol. The molecule has 1 amide bonds. The zero-order chi connectivity index (χ0) is 19.6. The number of hydrogen-bond acceptors (Lipinski definition) is 5. The fraction of sp³-hybridized carbons (Fsp3) is 0.556. The van der Waals surface area contributed by atoms with Crippen molar-refractivity contribution in [1.29, 1.82) is 0 Å². The van der Waals surface area contributed by atoms with Crippen LogP contribution in [0.1, 0.15) is 32.3 Å². The first-order valence-corrected chi connectivity index (χ1v) is 9.23. The van der Waals surface area contributed by atoms with Gasteiger partial charge in [-0.2, -0.15) is 0 Å². The summed E-state index contributed by atoms with van der Waals surface area (Å²) in [6.45, 7) is 6.50. The first-order chi connectivity index (χ1) is 13.0. The molecule has 2 rings (SSSR count). The number of nitrogens with one attached hydrogen (secondary N) is 2. The van der Waals surface area contributed by atoms with Gasteiger partial charge in [0.25, 0.3) is 5.69 Å². The third-order valence-electron chi connectivity index (χ3n) is 4.25. The Hall–Kier alpha value is -2.11. The molecule has 1 aromatic rings. The Balaban J connectivity index is 0.00000392. The van der Waals surface area contributed by atoms with Gasteiger partial charge in [0, 0.05) is 37.8 Å². The second-order valence-electron chi connectivity index (χ2n) is 6.23. The molecule has 10 heteroatoms. The molecule has 1 fully saturated rings. The van der Waals surface area contributed by atoms with E-state index in [0.29, 0.717) is 38.7 Å². The van der Waals surface area contributed by atoms with Gasteiger partial charge in [0.15, 0.2) is 5.96 Å². The summed E-state index contributed by atoms with van der Waals surface area (Å²) in [7, 11) is 0. The molecule has 1 aliphatic heterocycles. The van der Waals surface area contributed by atoms with Crippen LogP contribution in [0, 0.1) is 10.1 Å². The number of halogens is 1. The van der Waals surface area contributed by atoms with E-state index < -0.39 is 4.92 Å². The van der Waals surface area contributed by atoms with Crippen LogP contribution in [-0.2, 0) is 11.3 Å². The Morgan fingerprint density at radius 1 is 1.36 bits per heavy atom. The number of amides is 1. The van der Waals surface area contributed by atoms with E-state index in [1.807, 2.05) is 13.0 Å². The summed E-state index contributed by atoms with van der Waals surface area (Å²) >= 11 is 0. The number of likely N-dealkylation sites (tertiary alicyclic amines) is 1. The van der Waals surface area contributed by atoms with E-state index in [2.05, 4.69) is 15.6 Å². The molecule has 0 aliphatic carbocycles. The van der Waals surface area contributed by atoms with Crippen LogP contribution in [0.5, 0.6) is 0 Å². The number of guanidine groups is 1. The van der Waals surface area contributed by atoms with Gasteiger partial charge in [0.1, 0.15) is 0 Å². The van der Waals surface area contributed by atoms with Crippen molar-refractivity contribution in [2.24, 2.45) is 4.99 Å². The molecule has 2 N–H and O–H groups in total. The Morgan fingerprint density at radius 2 is 2.07 bits per heavy atom. The summed E-state index contributed by atoms with van der Waals surface area (Å²) in [5.41, 5.74) is 0.838. The maximum Gasteiger partial charge on any atom is 0.409 e. The van der Waals surface area contributed by atoms with Crippen LogP contribution in [-0.4, -0.2) is 54.2 Å². The number of nitro benzene ring substituents is 1. The van der Waals surface area contributed by atoms with Crippen LogP contribution in [0.3, 0.4) is 0 Å². The van der Waals surface area contributed by atoms with Crippen LogP contribution in [0.15, 0.2) is 29.3 Å². The van der Waals surface area contributed by atoms with Crippen molar-refractivity contribution in [1.82, 2.24) is 15.5 Å². The smallest absolute Gasteiger partial charge is 0.409 e. The third-order valence-corrected chi connectivity index (χ3v) is 4.25. The molecular weight excluding hydrogens is 477 g/mol. The van der Waals surface area contributed by atoms with Gasteiger partial charge in [-0.3, -0.25) is 10.1 Å². The van der Waals surface area contributed by atoms with Crippen LogP contribution < -0.4 is 10.6 Å². The lowest BCUT2D eigenvalue weighted by Crippen LogP contribution is -2.49. The molecule has 0 aromatic heterocycles. The lowest BCUT2D eigenvalue weighted by Gasteiger charge is -2.32. The highest BCUT2D eigenvalue weighted by Crippen LogP contribution is 2.14. The van der Waals surface area contributed by atoms with Crippen LogP contribution >= 0.6 is 24.0 Å². The molecule has 0 spiro atoms. The molecule has 0 saturated carbocycles. The number of aliphatic imine (C=N–C) groups is 1. The normalized spacial score (nSPS) is 14.8. The molecule has 0 bridgehead atoms. The van der Waals surface area contributed by atoms with E-state index in [1.54, 1.807) is 17.9 Å². The number of nitrogens with zero attached hydrogens (tertiary/aromatic N) is 3. The molecular formula is C18H28IN5O4. The fourth-order valence-electron chi connectivity index (χ4n) is 2.87. The van der Waals surface area contributed by atoms with Gasteiger partial charge >= 0.3 is 6.09 Å². The van der Waals surface area contributed by atoms with E-state index in [-0.39, 0.29) is 41.8 Å². The third kappa shape index (κ3) is 7.49. The second kappa shape index (κ2) is 12.4. The Kier molecular flexibility index (Phi) is 10.6. The Morgan fingerprint density at radius 3 is 2.68 bits per heavy atom. The molecule has 1 saturated heterocycles. The summed E-state index contributed by atoms with van der Waals surface area (Å²) in [4.78, 5) is 28.5. The van der Waals surface area contributed by atoms with Crippen molar-refractivity contribution in [3.8, 4) is 0 Å². The van der Waals surface area contributed by atoms with E-state index in [9.17, 15) is 14.9 Å². The van der Waals surface area contributed by atoms with Crippen molar-refractivity contribution < 1.29 is 14.5 Å². The maximum atomic E-state index is 11.8. The van der Waals surface area contributed by atoms with Crippen molar-refractivity contribution in [3.63, 3.8) is 0 Å². The summed E-state index contributed by atoms with van der Waals surface area (Å²) in [5.74, 6) is 0.665. The van der Waals surface area contributed by atoms with Crippen LogP contribution in [0.4, 0.5) is 10.5 Å². The summed E-state index contributed by atoms with van der Waals surface area (Å²) in [6, 6.07) is 6.68. The van der Waals surface area contributed by atoms with Crippen molar-refractivity contribution in [2.75, 3.05) is 26.2 Å². The number of rotatable bonds is 6. The molecule has 1 aromatic carbocycles. The molecule has 0 radical (unpaired) electrons. The number of hydrogen-bond donors (Lipinski definition) is 2. The maximum absolute atomic E-state index is 11.8. The summed E-state index contributed by atoms with van der Waals surface area (Å²) in [5, 5.41) is 17.5. The summed E-state index contributed by atoms with van der Waals surface area (Å²) in [6.07, 6.45) is 1.35. The van der Waals surface area contributed by atoms with Crippen LogP contribution in [0.2, 0.25) is 0 Å². The van der Waals surface area contributed by atoms with Gasteiger partial charge in [-0.15, -0.1) is 24.0 Å². The second-order valence-corrected chi connectivity index (χ2v) is 6.23. The van der Waals surface area contributed by atoms with Gasteiger partial charge in [0.2, 0.25) is 0 Å². The molecule has 28 heavy (non-hydrogen) atoms. The first-order valence-electron chi connectivity index (χ1n) is 9.23. The van der Waals surface area contributed by atoms with E-state index in [0.717, 1.165) is 18.4 Å². The highest BCUT2D eigenvalue weighted by molar-refractivity contribution is 14.0. The van der Waals surface area contributed by atoms with Crippen molar-refractivity contribution >= 4 is 41.7 Å². The molecule has 0 atom stereocenters. The standard InChI is InChI=1S/C18H27N5O4.HI/c1-3-19-17(20-13-14-6-5-7-16(12-14)23(25)26)21-15-8-10-22(11-9-15)18(24)27-4-2;/h5-7,12,15H,3-4,8-11,13H2,1-2H3,(H2,19,20,21);1H. The monoisotopic (exact) mass is 505 g/mol. The van der Waals surface area contributed by atoms with Crippen molar-refractivity contribution in [2.45, 2.75) is 39.3 Å². The minimum atomic E-state index is -0.409. The van der Waals surface area contributed by atoms with Gasteiger partial charge in [-0.25, -0.2) is 9.79 Å². The summed E-state index contributed by atoms with van der Waals surface area (Å²) < 4.78 is 5.03. The van der Waals surface area contributed by atoms with Crippen LogP contribution in [0.25, 0.3) is 0 Å². The predicted molar refractivity (Wildman–Crippen MR) is 118 cm³/mol. The number of piperidine rings is 1. The molecule has 156 valence electrons. The Labute approximate surface area is 182 Å². The van der Waals surface area contributed by atoms with E-state index >= 15 is 0 Å². The number of ether oxygens (including phenoxy) is 1. The minimum absolute atomic E-state index is 0. The molecule has 1 heterocycles. The minimum Gasteiger partial charge on any atom is -0.450 e. The number of nitro groups is 1. The van der Waals surface area contributed by atoms with E-state index in [4.69, 9.17) is 4.74 Å². The lowest BCUT2D eigenvalue weighted by molar-refractivity contribution is -0.384. The highest BCUT2D eigenvalue weighted by Gasteiger charge is 2.24. The van der Waals surface area contributed by atoms with Gasteiger partial charge < -0.3 is 20.3 Å². The largest absolute Gasteiger partial charge is 0.450 e. The number of benzene rings is 1. The van der Waals surface area contributed by atoms with E-state index in [1.165, 1.54) is 12.1 Å². The Bertz CT molecular complexity index is 678. The average Bonchev–Trinajstić information content (AvgIpc) is 2.67. The van der Waals surface area contributed by atoms with Gasteiger partial charge in [-0.1, -0.05) is 12.1 Å². The zero-order valence-corrected chi connectivity index (χ0v) is 18.5. The number of carbonyl (C=O) groups is 1. The van der Waals surface area contributed by atoms with Gasteiger partial charge in [0.05, 0.1) is 18.1 Å². The predicted octanol–water partition coefficient (Wildman–Crippen LogP) is 2.89. The lowest BCUT2D eigenvalue weighted by atomic mass is 10.1. The molecule has 0 unspecified atom stereocenters. The molecule has 9 nitrogen and oxygen atoms in total. The van der Waals surface area contributed by atoms with Gasteiger partial charge in [-0.05, 0) is 32.3 Å². The molecule has 1 aliphatic rings. The first kappa shape index (κ1) is 23.9. The fourth-order valence-corrected chi connectivity index (χ4v) is 2.87. The SMILES string of the molecule is CCNC(=NCc1cccc([N+](=O)[O-])c1)NC1CCN(C(=O)OCC)CC1.I. The quantitative estimate of drug-likeness (QED) is 0.202. The number of non-ortho nitro benzene ring substituents is 1. The zero-order valence-electron chi connectivity index (χ0n) is 16.2. The topological polar surface area (TPSA) is 109 Å². The number of carbonyl (C=O) groups excluding carboxylic acids is 1.